The molecular weight excluding hydrogens is 378 g/mol. The van der Waals surface area contributed by atoms with Gasteiger partial charge in [0.15, 0.2) is 5.82 Å². The molecule has 3 rings (SSSR count). The summed E-state index contributed by atoms with van der Waals surface area (Å²) < 4.78 is 5.14. The third-order valence-electron chi connectivity index (χ3n) is 3.92. The second-order valence-corrected chi connectivity index (χ2v) is 7.19. The average Bonchev–Trinajstić information content (AvgIpc) is 3.17. The van der Waals surface area contributed by atoms with Crippen molar-refractivity contribution in [1.29, 1.82) is 0 Å². The minimum absolute atomic E-state index is 0.201. The van der Waals surface area contributed by atoms with Crippen LogP contribution in [0.4, 0.5) is 5.69 Å². The zero-order chi connectivity index (χ0) is 20.1. The van der Waals surface area contributed by atoms with Crippen LogP contribution in [0, 0.1) is 0 Å². The molecule has 0 spiro atoms. The average molecular weight is 397 g/mol. The minimum Gasteiger partial charge on any atom is -0.497 e. The number of nitrogens with one attached hydrogen (secondary N) is 2. The topological polar surface area (TPSA) is 123 Å². The lowest BCUT2D eigenvalue weighted by Crippen LogP contribution is -2.22. The molecule has 9 heteroatoms. The van der Waals surface area contributed by atoms with Crippen LogP contribution in [0.15, 0.2) is 53.7 Å². The molecule has 0 bridgehead atoms. The summed E-state index contributed by atoms with van der Waals surface area (Å²) in [5.41, 5.74) is 7.03. The molecule has 2 aromatic carbocycles. The molecule has 0 aliphatic carbocycles. The third kappa shape index (κ3) is 4.68. The summed E-state index contributed by atoms with van der Waals surface area (Å²) >= 11 is 1.24. The van der Waals surface area contributed by atoms with Gasteiger partial charge in [-0.15, -0.1) is 5.10 Å². The molecule has 0 aliphatic heterocycles. The number of rotatable bonds is 7. The number of primary amides is 1. The quantitative estimate of drug-likeness (QED) is 0.527. The van der Waals surface area contributed by atoms with Gasteiger partial charge in [-0.2, -0.15) is 0 Å². The van der Waals surface area contributed by atoms with Crippen molar-refractivity contribution in [1.82, 2.24) is 15.2 Å². The second-order valence-electron chi connectivity index (χ2n) is 5.89. The number of carbonyl (C=O) groups excluding carboxylic acids is 2. The van der Waals surface area contributed by atoms with Gasteiger partial charge in [0.1, 0.15) is 5.75 Å². The maximum atomic E-state index is 12.4. The number of amides is 2. The zero-order valence-corrected chi connectivity index (χ0v) is 16.1. The second kappa shape index (κ2) is 8.57. The third-order valence-corrected chi connectivity index (χ3v) is 4.88. The van der Waals surface area contributed by atoms with Crippen molar-refractivity contribution in [3.63, 3.8) is 0 Å². The van der Waals surface area contributed by atoms with E-state index in [1.165, 1.54) is 11.8 Å². The Bertz CT molecular complexity index is 970. The molecule has 0 saturated carbocycles. The molecule has 1 aromatic heterocycles. The number of carbonyl (C=O) groups is 2. The van der Waals surface area contributed by atoms with Gasteiger partial charge in [0, 0.05) is 16.8 Å². The molecule has 0 saturated heterocycles. The van der Waals surface area contributed by atoms with Crippen LogP contribution in [0.25, 0.3) is 11.4 Å². The molecule has 1 heterocycles. The summed E-state index contributed by atoms with van der Waals surface area (Å²) in [4.78, 5) is 27.9. The number of H-pyrrole nitrogens is 1. The van der Waals surface area contributed by atoms with E-state index in [4.69, 9.17) is 10.5 Å². The fraction of sp³-hybridized carbons (Fsp3) is 0.158. The number of hydrogen-bond donors (Lipinski definition) is 3. The standard InChI is InChI=1S/C19H19N5O3S/c1-11(18(26)21-14-7-3-12(4-8-14)16(20)25)28-19-22-17(23-24-19)13-5-9-15(27-2)10-6-13/h3-11H,1-2H3,(H2,20,25)(H,21,26)(H,22,23,24)/t11-/m0/s1. The Kier molecular flexibility index (Phi) is 5.95. The smallest absolute Gasteiger partial charge is 0.248 e. The van der Waals surface area contributed by atoms with Crippen LogP contribution in [0.1, 0.15) is 17.3 Å². The molecule has 0 unspecified atom stereocenters. The van der Waals surface area contributed by atoms with Gasteiger partial charge in [-0.1, -0.05) is 11.8 Å². The lowest BCUT2D eigenvalue weighted by Gasteiger charge is -2.10. The number of thioether (sulfide) groups is 1. The summed E-state index contributed by atoms with van der Waals surface area (Å²) in [6, 6.07) is 13.8. The molecule has 28 heavy (non-hydrogen) atoms. The van der Waals surface area contributed by atoms with Crippen LogP contribution >= 0.6 is 11.8 Å². The highest BCUT2D eigenvalue weighted by atomic mass is 32.2. The van der Waals surface area contributed by atoms with Crippen molar-refractivity contribution in [3.8, 4) is 17.1 Å². The largest absolute Gasteiger partial charge is 0.497 e. The van der Waals surface area contributed by atoms with Crippen molar-refractivity contribution < 1.29 is 14.3 Å². The molecule has 0 fully saturated rings. The van der Waals surface area contributed by atoms with E-state index < -0.39 is 11.2 Å². The number of methoxy groups -OCH3 is 1. The summed E-state index contributed by atoms with van der Waals surface area (Å²) in [5, 5.41) is 9.87. The zero-order valence-electron chi connectivity index (χ0n) is 15.3. The number of benzene rings is 2. The summed E-state index contributed by atoms with van der Waals surface area (Å²) in [7, 11) is 1.61. The summed E-state index contributed by atoms with van der Waals surface area (Å²) in [5.74, 6) is 0.651. The maximum absolute atomic E-state index is 12.4. The first-order chi connectivity index (χ1) is 13.5. The molecule has 1 atom stereocenters. The van der Waals surface area contributed by atoms with Gasteiger partial charge in [0.05, 0.1) is 12.4 Å². The maximum Gasteiger partial charge on any atom is 0.248 e. The van der Waals surface area contributed by atoms with Crippen molar-refractivity contribution >= 4 is 29.3 Å². The van der Waals surface area contributed by atoms with E-state index in [0.717, 1.165) is 11.3 Å². The van der Waals surface area contributed by atoms with E-state index in [9.17, 15) is 9.59 Å². The number of ether oxygens (including phenoxy) is 1. The number of aromatic nitrogens is 3. The molecule has 2 amide bonds. The Morgan fingerprint density at radius 1 is 1.14 bits per heavy atom. The van der Waals surface area contributed by atoms with Gasteiger partial charge >= 0.3 is 0 Å². The Hall–Kier alpha value is -3.33. The number of nitrogens with zero attached hydrogens (tertiary/aromatic N) is 2. The highest BCUT2D eigenvalue weighted by Gasteiger charge is 2.18. The van der Waals surface area contributed by atoms with E-state index in [-0.39, 0.29) is 5.91 Å². The van der Waals surface area contributed by atoms with Crippen LogP contribution in [0.2, 0.25) is 0 Å². The SMILES string of the molecule is COc1ccc(-c2nc(S[C@@H](C)C(=O)Nc3ccc(C(N)=O)cc3)n[nH]2)cc1. The van der Waals surface area contributed by atoms with Gasteiger partial charge in [-0.05, 0) is 55.5 Å². The molecular formula is C19H19N5O3S. The normalized spacial score (nSPS) is 11.6. The number of nitrogens with two attached hydrogens (primary N) is 1. The van der Waals surface area contributed by atoms with E-state index in [1.807, 2.05) is 24.3 Å². The number of anilines is 1. The van der Waals surface area contributed by atoms with Gasteiger partial charge in [-0.25, -0.2) is 4.98 Å². The first kappa shape index (κ1) is 19.4. The lowest BCUT2D eigenvalue weighted by molar-refractivity contribution is -0.115. The minimum atomic E-state index is -0.515. The molecule has 3 aromatic rings. The predicted molar refractivity (Wildman–Crippen MR) is 107 cm³/mol. The molecule has 0 radical (unpaired) electrons. The fourth-order valence-corrected chi connectivity index (χ4v) is 3.07. The number of hydrogen-bond acceptors (Lipinski definition) is 6. The Balaban J connectivity index is 1.60. The highest BCUT2D eigenvalue weighted by molar-refractivity contribution is 8.00. The summed E-state index contributed by atoms with van der Waals surface area (Å²) in [6.07, 6.45) is 0. The molecule has 0 aliphatic rings. The fourth-order valence-electron chi connectivity index (χ4n) is 2.35. The van der Waals surface area contributed by atoms with Crippen LogP contribution in [-0.2, 0) is 4.79 Å². The van der Waals surface area contributed by atoms with Crippen molar-refractivity contribution in [2.75, 3.05) is 12.4 Å². The Morgan fingerprint density at radius 3 is 2.43 bits per heavy atom. The lowest BCUT2D eigenvalue weighted by atomic mass is 10.2. The van der Waals surface area contributed by atoms with E-state index in [2.05, 4.69) is 20.5 Å². The van der Waals surface area contributed by atoms with Gasteiger partial charge < -0.3 is 15.8 Å². The first-order valence-corrected chi connectivity index (χ1v) is 9.28. The van der Waals surface area contributed by atoms with Crippen LogP contribution in [0.3, 0.4) is 0 Å². The Morgan fingerprint density at radius 2 is 1.82 bits per heavy atom. The predicted octanol–water partition coefficient (Wildman–Crippen LogP) is 2.70. The van der Waals surface area contributed by atoms with E-state index in [1.54, 1.807) is 38.3 Å². The van der Waals surface area contributed by atoms with Crippen molar-refractivity contribution in [2.45, 2.75) is 17.3 Å². The van der Waals surface area contributed by atoms with E-state index >= 15 is 0 Å². The van der Waals surface area contributed by atoms with Crippen LogP contribution in [0.5, 0.6) is 5.75 Å². The highest BCUT2D eigenvalue weighted by Crippen LogP contribution is 2.24. The first-order valence-electron chi connectivity index (χ1n) is 8.40. The molecule has 144 valence electrons. The van der Waals surface area contributed by atoms with Gasteiger partial charge in [-0.3, -0.25) is 14.7 Å². The summed E-state index contributed by atoms with van der Waals surface area (Å²) in [6.45, 7) is 1.77. The Labute approximate surface area is 165 Å². The van der Waals surface area contributed by atoms with Gasteiger partial charge in [0.2, 0.25) is 17.0 Å². The van der Waals surface area contributed by atoms with Crippen molar-refractivity contribution in [3.05, 3.63) is 54.1 Å². The van der Waals surface area contributed by atoms with Gasteiger partial charge in [0.25, 0.3) is 0 Å². The van der Waals surface area contributed by atoms with E-state index in [0.29, 0.717) is 22.2 Å². The molecule has 4 N–H and O–H groups in total. The molecule has 8 nitrogen and oxygen atoms in total. The monoisotopic (exact) mass is 397 g/mol. The van der Waals surface area contributed by atoms with Crippen molar-refractivity contribution in [2.24, 2.45) is 5.73 Å². The van der Waals surface area contributed by atoms with Crippen LogP contribution < -0.4 is 15.8 Å². The number of aromatic amines is 1. The van der Waals surface area contributed by atoms with Crippen LogP contribution in [-0.4, -0.2) is 39.4 Å².